The molecule has 0 radical (unpaired) electrons. The van der Waals surface area contributed by atoms with Gasteiger partial charge in [-0.05, 0) is 57.3 Å². The third-order valence-corrected chi connectivity index (χ3v) is 8.76. The van der Waals surface area contributed by atoms with Gasteiger partial charge in [-0.3, -0.25) is 0 Å². The highest BCUT2D eigenvalue weighted by Crippen LogP contribution is 2.39. The van der Waals surface area contributed by atoms with Gasteiger partial charge < -0.3 is 4.42 Å². The number of fused-ring (bicyclic) bond motifs is 4. The van der Waals surface area contributed by atoms with E-state index >= 15 is 0 Å². The molecule has 0 saturated carbocycles. The van der Waals surface area contributed by atoms with E-state index in [9.17, 15) is 0 Å². The maximum Gasteiger partial charge on any atom is 0.164 e. The van der Waals surface area contributed by atoms with Crippen molar-refractivity contribution in [2.45, 2.75) is 0 Å². The molecule has 0 amide bonds. The summed E-state index contributed by atoms with van der Waals surface area (Å²) in [5, 5.41) is 4.26. The monoisotopic (exact) mass is 601 g/mol. The lowest BCUT2D eigenvalue weighted by Gasteiger charge is -2.14. The first-order valence-electron chi connectivity index (χ1n) is 15.7. The van der Waals surface area contributed by atoms with Crippen LogP contribution in [0.4, 0.5) is 0 Å². The van der Waals surface area contributed by atoms with Crippen molar-refractivity contribution in [1.82, 2.24) is 15.0 Å². The SMILES string of the molecule is c1ccc(-c2cccc(-c3ccc(-c4nc(-c5ccccc5)nc(-c5cccc6oc7ccccc7c56)n4)c4ccccc34)c2)cc1. The molecule has 0 saturated heterocycles. The Morgan fingerprint density at radius 3 is 1.64 bits per heavy atom. The minimum Gasteiger partial charge on any atom is -0.456 e. The summed E-state index contributed by atoms with van der Waals surface area (Å²) in [5.41, 5.74) is 9.14. The maximum absolute atomic E-state index is 6.22. The molecule has 0 aliphatic carbocycles. The molecule has 0 aliphatic heterocycles. The van der Waals surface area contributed by atoms with Crippen molar-refractivity contribution in [2.75, 3.05) is 0 Å². The minimum absolute atomic E-state index is 0.606. The molecule has 9 rings (SSSR count). The Balaban J connectivity index is 1.26. The second kappa shape index (κ2) is 11.2. The molecule has 0 unspecified atom stereocenters. The lowest BCUT2D eigenvalue weighted by molar-refractivity contribution is 0.669. The lowest BCUT2D eigenvalue weighted by atomic mass is 9.93. The first-order valence-corrected chi connectivity index (χ1v) is 15.7. The van der Waals surface area contributed by atoms with E-state index in [0.717, 1.165) is 60.5 Å². The summed E-state index contributed by atoms with van der Waals surface area (Å²) >= 11 is 0. The fourth-order valence-electron chi connectivity index (χ4n) is 6.54. The Morgan fingerprint density at radius 2 is 0.851 bits per heavy atom. The number of furan rings is 1. The largest absolute Gasteiger partial charge is 0.456 e. The Morgan fingerprint density at radius 1 is 0.319 bits per heavy atom. The van der Waals surface area contributed by atoms with Crippen LogP contribution < -0.4 is 0 Å². The van der Waals surface area contributed by atoms with E-state index in [1.54, 1.807) is 0 Å². The summed E-state index contributed by atoms with van der Waals surface area (Å²) in [4.78, 5) is 15.3. The Kier molecular flexibility index (Phi) is 6.43. The van der Waals surface area contributed by atoms with Crippen LogP contribution in [0.1, 0.15) is 0 Å². The van der Waals surface area contributed by atoms with E-state index in [4.69, 9.17) is 19.4 Å². The van der Waals surface area contributed by atoms with E-state index in [1.807, 2.05) is 66.7 Å². The molecular weight excluding hydrogens is 574 g/mol. The number of para-hydroxylation sites is 1. The highest BCUT2D eigenvalue weighted by molar-refractivity contribution is 6.12. The number of hydrogen-bond donors (Lipinski definition) is 0. The van der Waals surface area contributed by atoms with Gasteiger partial charge in [-0.2, -0.15) is 0 Å². The van der Waals surface area contributed by atoms with Gasteiger partial charge in [0.2, 0.25) is 0 Å². The number of aromatic nitrogens is 3. The Bertz CT molecular complexity index is 2570. The van der Waals surface area contributed by atoms with Crippen LogP contribution in [0.5, 0.6) is 0 Å². The predicted octanol–water partition coefficient (Wildman–Crippen LogP) is 11.3. The van der Waals surface area contributed by atoms with Crippen LogP contribution in [0.25, 0.3) is 89.1 Å². The van der Waals surface area contributed by atoms with E-state index in [-0.39, 0.29) is 0 Å². The topological polar surface area (TPSA) is 51.8 Å². The van der Waals surface area contributed by atoms with Gasteiger partial charge >= 0.3 is 0 Å². The van der Waals surface area contributed by atoms with E-state index in [0.29, 0.717) is 17.5 Å². The summed E-state index contributed by atoms with van der Waals surface area (Å²) < 4.78 is 6.22. The molecule has 0 fully saturated rings. The van der Waals surface area contributed by atoms with Crippen molar-refractivity contribution < 1.29 is 4.42 Å². The molecule has 9 aromatic rings. The zero-order valence-corrected chi connectivity index (χ0v) is 25.3. The third kappa shape index (κ3) is 4.75. The summed E-state index contributed by atoms with van der Waals surface area (Å²) in [5.74, 6) is 1.85. The highest BCUT2D eigenvalue weighted by atomic mass is 16.3. The zero-order chi connectivity index (χ0) is 31.2. The number of benzene rings is 7. The van der Waals surface area contributed by atoms with E-state index < -0.39 is 0 Å². The molecule has 2 aromatic heterocycles. The maximum atomic E-state index is 6.22. The van der Waals surface area contributed by atoms with Crippen molar-refractivity contribution in [2.24, 2.45) is 0 Å². The van der Waals surface area contributed by atoms with Crippen molar-refractivity contribution in [1.29, 1.82) is 0 Å². The fourth-order valence-corrected chi connectivity index (χ4v) is 6.54. The van der Waals surface area contributed by atoms with Gasteiger partial charge in [0.05, 0.1) is 0 Å². The van der Waals surface area contributed by atoms with Crippen LogP contribution in [-0.4, -0.2) is 15.0 Å². The van der Waals surface area contributed by atoms with Gasteiger partial charge in [-0.15, -0.1) is 0 Å². The quantitative estimate of drug-likeness (QED) is 0.197. The molecule has 7 aromatic carbocycles. The average Bonchev–Trinajstić information content (AvgIpc) is 3.54. The van der Waals surface area contributed by atoms with Crippen LogP contribution in [0.3, 0.4) is 0 Å². The number of rotatable bonds is 5. The van der Waals surface area contributed by atoms with Gasteiger partial charge in [0.1, 0.15) is 11.2 Å². The van der Waals surface area contributed by atoms with Crippen LogP contribution in [0.15, 0.2) is 168 Å². The standard InChI is InChI=1S/C43H27N3O/c1-3-13-28(14-4-1)30-17-11-18-31(27-30)32-25-26-35(34-20-8-7-19-33(32)34)42-44-41(29-15-5-2-6-16-29)45-43(46-42)37-22-12-24-39-40(37)36-21-9-10-23-38(36)47-39/h1-27H. The average molecular weight is 602 g/mol. The van der Waals surface area contributed by atoms with Crippen molar-refractivity contribution >= 4 is 32.7 Å². The van der Waals surface area contributed by atoms with Gasteiger partial charge in [0.15, 0.2) is 17.5 Å². The molecule has 4 nitrogen and oxygen atoms in total. The Labute approximate surface area is 271 Å². The zero-order valence-electron chi connectivity index (χ0n) is 25.3. The number of nitrogens with zero attached hydrogens (tertiary/aromatic N) is 3. The van der Waals surface area contributed by atoms with Gasteiger partial charge in [0, 0.05) is 27.5 Å². The molecule has 0 bridgehead atoms. The normalized spacial score (nSPS) is 11.4. The molecule has 220 valence electrons. The predicted molar refractivity (Wildman–Crippen MR) is 192 cm³/mol. The van der Waals surface area contributed by atoms with E-state index in [2.05, 4.69) is 97.1 Å². The molecule has 0 aliphatic rings. The third-order valence-electron chi connectivity index (χ3n) is 8.76. The molecule has 2 heterocycles. The summed E-state index contributed by atoms with van der Waals surface area (Å²) in [6.07, 6.45) is 0. The van der Waals surface area contributed by atoms with E-state index in [1.165, 1.54) is 11.1 Å². The lowest BCUT2D eigenvalue weighted by Crippen LogP contribution is -2.01. The molecule has 0 N–H and O–H groups in total. The summed E-state index contributed by atoms with van der Waals surface area (Å²) in [6.45, 7) is 0. The second-order valence-electron chi connectivity index (χ2n) is 11.6. The Hall–Kier alpha value is -6.39. The fraction of sp³-hybridized carbons (Fsp3) is 0. The van der Waals surface area contributed by atoms with Crippen molar-refractivity contribution in [3.05, 3.63) is 164 Å². The highest BCUT2D eigenvalue weighted by Gasteiger charge is 2.19. The molecular formula is C43H27N3O. The molecule has 47 heavy (non-hydrogen) atoms. The molecule has 4 heteroatoms. The smallest absolute Gasteiger partial charge is 0.164 e. The van der Waals surface area contributed by atoms with Crippen molar-refractivity contribution in [3.63, 3.8) is 0 Å². The van der Waals surface area contributed by atoms with Crippen LogP contribution in [0, 0.1) is 0 Å². The second-order valence-corrected chi connectivity index (χ2v) is 11.6. The molecule has 0 spiro atoms. The summed E-state index contributed by atoms with van der Waals surface area (Å²) in [6, 6.07) is 56.4. The minimum atomic E-state index is 0.606. The van der Waals surface area contributed by atoms with Crippen LogP contribution >= 0.6 is 0 Å². The van der Waals surface area contributed by atoms with Crippen molar-refractivity contribution in [3.8, 4) is 56.4 Å². The van der Waals surface area contributed by atoms with Crippen LogP contribution in [0.2, 0.25) is 0 Å². The van der Waals surface area contributed by atoms with Crippen LogP contribution in [-0.2, 0) is 0 Å². The van der Waals surface area contributed by atoms with Gasteiger partial charge in [-0.25, -0.2) is 15.0 Å². The van der Waals surface area contributed by atoms with Gasteiger partial charge in [0.25, 0.3) is 0 Å². The first-order chi connectivity index (χ1) is 23.3. The van der Waals surface area contributed by atoms with Gasteiger partial charge in [-0.1, -0.05) is 140 Å². The summed E-state index contributed by atoms with van der Waals surface area (Å²) in [7, 11) is 0. The first kappa shape index (κ1) is 27.0. The molecule has 0 atom stereocenters. The number of hydrogen-bond acceptors (Lipinski definition) is 4.